The number of sulfone groups is 1. The van der Waals surface area contributed by atoms with Gasteiger partial charge >= 0.3 is 5.97 Å². The van der Waals surface area contributed by atoms with E-state index in [1.807, 2.05) is 12.1 Å². The fourth-order valence-electron chi connectivity index (χ4n) is 3.51. The van der Waals surface area contributed by atoms with E-state index in [1.54, 1.807) is 23.6 Å². The van der Waals surface area contributed by atoms with Crippen molar-refractivity contribution < 1.29 is 27.5 Å². The van der Waals surface area contributed by atoms with Crippen molar-refractivity contribution in [1.82, 2.24) is 4.57 Å². The second-order valence-corrected chi connectivity index (χ2v) is 11.0. The highest BCUT2D eigenvalue weighted by Crippen LogP contribution is 2.21. The van der Waals surface area contributed by atoms with Crippen molar-refractivity contribution in [3.63, 3.8) is 0 Å². The van der Waals surface area contributed by atoms with E-state index < -0.39 is 21.7 Å². The van der Waals surface area contributed by atoms with E-state index in [0.29, 0.717) is 10.6 Å². The number of unbranched alkanes of at least 4 members (excludes halogenated alkanes) is 1. The maximum Gasteiger partial charge on any atom is 0.326 e. The third-order valence-electron chi connectivity index (χ3n) is 5.38. The number of aryl methyl sites for hydroxylation is 1. The number of ether oxygens (including phenoxy) is 2. The van der Waals surface area contributed by atoms with Gasteiger partial charge in [-0.1, -0.05) is 30.7 Å². The van der Waals surface area contributed by atoms with E-state index in [-0.39, 0.29) is 30.2 Å². The molecule has 3 aromatic rings. The predicted molar refractivity (Wildman–Crippen MR) is 135 cm³/mol. The summed E-state index contributed by atoms with van der Waals surface area (Å²) in [4.78, 5) is 29.5. The molecule has 35 heavy (non-hydrogen) atoms. The van der Waals surface area contributed by atoms with Crippen LogP contribution in [0.4, 0.5) is 0 Å². The first-order chi connectivity index (χ1) is 16.8. The second-order valence-electron chi connectivity index (χ2n) is 7.93. The Labute approximate surface area is 209 Å². The number of methoxy groups -OCH3 is 1. The quantitative estimate of drug-likeness (QED) is 0.357. The molecule has 1 aromatic heterocycles. The summed E-state index contributed by atoms with van der Waals surface area (Å²) in [7, 11) is -2.16. The molecule has 8 nitrogen and oxygen atoms in total. The molecule has 0 radical (unpaired) electrons. The number of benzene rings is 2. The van der Waals surface area contributed by atoms with Gasteiger partial charge in [-0.2, -0.15) is 4.99 Å². The summed E-state index contributed by atoms with van der Waals surface area (Å²) in [5.74, 6) is -0.828. The van der Waals surface area contributed by atoms with Crippen LogP contribution in [-0.4, -0.2) is 44.3 Å². The predicted octanol–water partition coefficient (Wildman–Crippen LogP) is 3.91. The summed E-state index contributed by atoms with van der Waals surface area (Å²) in [5, 5.41) is 0. The monoisotopic (exact) mass is 518 g/mol. The van der Waals surface area contributed by atoms with Gasteiger partial charge in [0, 0.05) is 6.42 Å². The highest BCUT2D eigenvalue weighted by Gasteiger charge is 2.18. The lowest BCUT2D eigenvalue weighted by Gasteiger charge is -2.06. The Morgan fingerprint density at radius 3 is 2.49 bits per heavy atom. The van der Waals surface area contributed by atoms with Crippen LogP contribution in [0.15, 0.2) is 52.4 Å². The molecule has 0 aliphatic carbocycles. The van der Waals surface area contributed by atoms with Gasteiger partial charge in [0.15, 0.2) is 14.6 Å². The van der Waals surface area contributed by atoms with Crippen LogP contribution in [0.3, 0.4) is 0 Å². The van der Waals surface area contributed by atoms with Gasteiger partial charge in [-0.3, -0.25) is 9.59 Å². The van der Waals surface area contributed by atoms with E-state index in [0.717, 1.165) is 29.5 Å². The minimum Gasteiger partial charge on any atom is -0.497 e. The SMILES string of the molecule is CCCCc1ccc2c(c1)sc(=NC(=O)CCS(=O)(=O)c1ccc(OC)cc1)n2CC(=O)OCC. The number of rotatable bonds is 11. The van der Waals surface area contributed by atoms with Crippen LogP contribution in [0.2, 0.25) is 0 Å². The van der Waals surface area contributed by atoms with Gasteiger partial charge in [0.1, 0.15) is 12.3 Å². The molecule has 2 aromatic carbocycles. The largest absolute Gasteiger partial charge is 0.497 e. The lowest BCUT2D eigenvalue weighted by Crippen LogP contribution is -2.23. The van der Waals surface area contributed by atoms with Crippen molar-refractivity contribution in [2.75, 3.05) is 19.5 Å². The summed E-state index contributed by atoms with van der Waals surface area (Å²) in [5.41, 5.74) is 1.95. The highest BCUT2D eigenvalue weighted by atomic mass is 32.2. The molecule has 0 saturated carbocycles. The zero-order chi connectivity index (χ0) is 25.4. The van der Waals surface area contributed by atoms with Gasteiger partial charge < -0.3 is 14.0 Å². The smallest absolute Gasteiger partial charge is 0.326 e. The number of aromatic nitrogens is 1. The minimum atomic E-state index is -3.66. The minimum absolute atomic E-state index is 0.0849. The van der Waals surface area contributed by atoms with Gasteiger partial charge in [0.2, 0.25) is 5.91 Å². The number of carbonyl (C=O) groups excluding carboxylic acids is 2. The molecular weight excluding hydrogens is 488 g/mol. The van der Waals surface area contributed by atoms with Crippen LogP contribution >= 0.6 is 11.3 Å². The van der Waals surface area contributed by atoms with Crippen molar-refractivity contribution >= 4 is 43.3 Å². The number of fused-ring (bicyclic) bond motifs is 1. The van der Waals surface area contributed by atoms with Crippen LogP contribution in [0, 0.1) is 0 Å². The van der Waals surface area contributed by atoms with Gasteiger partial charge in [0.25, 0.3) is 0 Å². The molecule has 0 N–H and O–H groups in total. The molecule has 188 valence electrons. The Kier molecular flexibility index (Phi) is 9.22. The Morgan fingerprint density at radius 1 is 1.09 bits per heavy atom. The molecule has 1 heterocycles. The zero-order valence-electron chi connectivity index (χ0n) is 20.2. The van der Waals surface area contributed by atoms with Crippen molar-refractivity contribution in [3.05, 3.63) is 52.8 Å². The maximum absolute atomic E-state index is 12.7. The van der Waals surface area contributed by atoms with E-state index in [4.69, 9.17) is 9.47 Å². The number of amides is 1. The normalized spacial score (nSPS) is 12.1. The topological polar surface area (TPSA) is 104 Å². The molecule has 0 bridgehead atoms. The Bertz CT molecular complexity index is 1350. The van der Waals surface area contributed by atoms with E-state index in [1.165, 1.54) is 36.1 Å². The molecule has 0 saturated heterocycles. The number of hydrogen-bond donors (Lipinski definition) is 0. The molecule has 3 rings (SSSR count). The molecular formula is C25H30N2O6S2. The lowest BCUT2D eigenvalue weighted by atomic mass is 10.1. The molecule has 0 aliphatic rings. The molecule has 0 fully saturated rings. The van der Waals surface area contributed by atoms with Crippen molar-refractivity contribution in [3.8, 4) is 5.75 Å². The molecule has 0 unspecified atom stereocenters. The fraction of sp³-hybridized carbons (Fsp3) is 0.400. The summed E-state index contributed by atoms with van der Waals surface area (Å²) < 4.78 is 38.0. The van der Waals surface area contributed by atoms with Crippen LogP contribution in [0.25, 0.3) is 10.2 Å². The molecule has 10 heteroatoms. The van der Waals surface area contributed by atoms with E-state index in [2.05, 4.69) is 18.0 Å². The van der Waals surface area contributed by atoms with E-state index in [9.17, 15) is 18.0 Å². The molecule has 0 spiro atoms. The van der Waals surface area contributed by atoms with Gasteiger partial charge in [0.05, 0.1) is 34.6 Å². The van der Waals surface area contributed by atoms with Gasteiger partial charge in [-0.15, -0.1) is 0 Å². The maximum atomic E-state index is 12.7. The average molecular weight is 519 g/mol. The first-order valence-corrected chi connectivity index (χ1v) is 14.0. The number of esters is 1. The first kappa shape index (κ1) is 26.6. The number of thiazole rings is 1. The molecule has 0 aliphatic heterocycles. The Morgan fingerprint density at radius 2 is 1.83 bits per heavy atom. The van der Waals surface area contributed by atoms with Crippen molar-refractivity contribution in [2.24, 2.45) is 4.99 Å². The number of carbonyl (C=O) groups is 2. The first-order valence-electron chi connectivity index (χ1n) is 11.5. The van der Waals surface area contributed by atoms with Crippen LogP contribution < -0.4 is 9.54 Å². The van der Waals surface area contributed by atoms with Crippen LogP contribution in [0.1, 0.15) is 38.7 Å². The summed E-state index contributed by atoms with van der Waals surface area (Å²) in [6.07, 6.45) is 2.82. The van der Waals surface area contributed by atoms with Crippen LogP contribution in [0.5, 0.6) is 5.75 Å². The van der Waals surface area contributed by atoms with Gasteiger partial charge in [-0.25, -0.2) is 8.42 Å². The average Bonchev–Trinajstić information content (AvgIpc) is 3.17. The van der Waals surface area contributed by atoms with Gasteiger partial charge in [-0.05, 0) is 61.7 Å². The zero-order valence-corrected chi connectivity index (χ0v) is 21.8. The van der Waals surface area contributed by atoms with E-state index >= 15 is 0 Å². The molecule has 1 amide bonds. The van der Waals surface area contributed by atoms with Crippen molar-refractivity contribution in [1.29, 1.82) is 0 Å². The lowest BCUT2D eigenvalue weighted by molar-refractivity contribution is -0.143. The Hall–Kier alpha value is -2.98. The third-order valence-corrected chi connectivity index (χ3v) is 8.16. The molecule has 0 atom stereocenters. The summed E-state index contributed by atoms with van der Waals surface area (Å²) >= 11 is 1.30. The fourth-order valence-corrected chi connectivity index (χ4v) is 5.85. The number of hydrogen-bond acceptors (Lipinski definition) is 7. The highest BCUT2D eigenvalue weighted by molar-refractivity contribution is 7.91. The van der Waals surface area contributed by atoms with Crippen LogP contribution in [-0.2, 0) is 37.1 Å². The van der Waals surface area contributed by atoms with Crippen molar-refractivity contribution in [2.45, 2.75) is 51.0 Å². The third kappa shape index (κ3) is 7.02. The summed E-state index contributed by atoms with van der Waals surface area (Å²) in [6, 6.07) is 12.0. The number of nitrogens with zero attached hydrogens (tertiary/aromatic N) is 2. The Balaban J connectivity index is 1.87. The second kappa shape index (κ2) is 12.1. The standard InChI is InChI=1S/C25H30N2O6S2/c1-4-6-7-18-8-13-21-22(16-18)34-25(27(21)17-24(29)33-5-2)26-23(28)14-15-35(30,31)20-11-9-19(32-3)10-12-20/h8-13,16H,4-7,14-15,17H2,1-3H3. The summed E-state index contributed by atoms with van der Waals surface area (Å²) in [6.45, 7) is 4.02.